The molecule has 1 fully saturated rings. The van der Waals surface area contributed by atoms with Gasteiger partial charge in [-0.05, 0) is 74.1 Å². The zero-order valence-corrected chi connectivity index (χ0v) is 16.6. The Balaban J connectivity index is 1.69. The van der Waals surface area contributed by atoms with E-state index in [1.54, 1.807) is 6.20 Å². The van der Waals surface area contributed by atoms with Crippen LogP contribution in [0.2, 0.25) is 0 Å². The van der Waals surface area contributed by atoms with E-state index in [2.05, 4.69) is 59.8 Å². The Morgan fingerprint density at radius 3 is 2.79 bits per heavy atom. The minimum absolute atomic E-state index is 0.00967. The molecule has 1 aliphatic carbocycles. The lowest BCUT2D eigenvalue weighted by molar-refractivity contribution is 0.0951. The second kappa shape index (κ2) is 7.58. The molecule has 0 bridgehead atoms. The van der Waals surface area contributed by atoms with Crippen molar-refractivity contribution in [1.82, 2.24) is 15.5 Å². The van der Waals surface area contributed by atoms with Gasteiger partial charge in [0.1, 0.15) is 0 Å². The number of nitrogens with one attached hydrogen (secondary N) is 2. The molecular formula is C23H26N4O. The van der Waals surface area contributed by atoms with Gasteiger partial charge in [0.05, 0.1) is 6.20 Å². The zero-order chi connectivity index (χ0) is 19.7. The molecule has 2 aromatic carbocycles. The first-order valence-electron chi connectivity index (χ1n) is 9.99. The number of fused-ring (bicyclic) bond motifs is 1. The minimum Gasteiger partial charge on any atom is -0.366 e. The van der Waals surface area contributed by atoms with E-state index in [-0.39, 0.29) is 5.91 Å². The van der Waals surface area contributed by atoms with E-state index in [0.717, 1.165) is 52.5 Å². The molecule has 0 saturated heterocycles. The van der Waals surface area contributed by atoms with Gasteiger partial charge >= 0.3 is 0 Å². The van der Waals surface area contributed by atoms with Crippen LogP contribution in [0.3, 0.4) is 0 Å². The monoisotopic (exact) mass is 374 g/mol. The van der Waals surface area contributed by atoms with E-state index in [9.17, 15) is 4.79 Å². The van der Waals surface area contributed by atoms with Gasteiger partial charge in [-0.15, -0.1) is 5.10 Å². The fraction of sp³-hybridized carbons (Fsp3) is 0.348. The average molecular weight is 374 g/mol. The number of carbonyl (C=O) groups is 1. The summed E-state index contributed by atoms with van der Waals surface area (Å²) in [5, 5.41) is 17.0. The summed E-state index contributed by atoms with van der Waals surface area (Å²) >= 11 is 0. The molecule has 0 unspecified atom stereocenters. The second-order valence-corrected chi connectivity index (χ2v) is 7.73. The Morgan fingerprint density at radius 1 is 1.21 bits per heavy atom. The fourth-order valence-electron chi connectivity index (χ4n) is 3.27. The van der Waals surface area contributed by atoms with Crippen LogP contribution in [0.25, 0.3) is 21.9 Å². The maximum Gasteiger partial charge on any atom is 0.251 e. The molecule has 1 aliphatic rings. The molecule has 144 valence electrons. The lowest BCUT2D eigenvalue weighted by atomic mass is 9.96. The van der Waals surface area contributed by atoms with Gasteiger partial charge in [-0.25, -0.2) is 0 Å². The molecule has 1 heterocycles. The molecule has 1 saturated carbocycles. The van der Waals surface area contributed by atoms with Gasteiger partial charge in [0.15, 0.2) is 5.82 Å². The summed E-state index contributed by atoms with van der Waals surface area (Å²) in [7, 11) is 0. The van der Waals surface area contributed by atoms with Gasteiger partial charge in [-0.3, -0.25) is 4.79 Å². The van der Waals surface area contributed by atoms with Crippen LogP contribution >= 0.6 is 0 Å². The molecule has 1 aromatic heterocycles. The van der Waals surface area contributed by atoms with E-state index in [1.165, 1.54) is 0 Å². The number of nitrogens with zero attached hydrogens (tertiary/aromatic N) is 2. The predicted octanol–water partition coefficient (Wildman–Crippen LogP) is 4.71. The summed E-state index contributed by atoms with van der Waals surface area (Å²) in [4.78, 5) is 12.4. The molecule has 4 rings (SSSR count). The van der Waals surface area contributed by atoms with E-state index in [0.29, 0.717) is 17.6 Å². The summed E-state index contributed by atoms with van der Waals surface area (Å²) in [6, 6.07) is 12.9. The van der Waals surface area contributed by atoms with Crippen molar-refractivity contribution in [1.29, 1.82) is 0 Å². The average Bonchev–Trinajstić information content (AvgIpc) is 3.52. The molecule has 3 aromatic rings. The predicted molar refractivity (Wildman–Crippen MR) is 114 cm³/mol. The second-order valence-electron chi connectivity index (χ2n) is 7.73. The standard InChI is InChI=1S/C23H26N4O/c1-4-15(3)25-22-20-10-7-16(11-18(20)13-24-27-22)21-12-17(6-5-14(21)2)23(28)26-19-8-9-19/h5-7,10-13,15,19H,4,8-9H2,1-3H3,(H,25,27)(H,26,28)/t15-/m0/s1. The maximum atomic E-state index is 12.4. The third-order valence-electron chi connectivity index (χ3n) is 5.38. The van der Waals surface area contributed by atoms with Gasteiger partial charge in [0.25, 0.3) is 5.91 Å². The Kier molecular flexibility index (Phi) is 4.99. The van der Waals surface area contributed by atoms with Crippen molar-refractivity contribution in [3.8, 4) is 11.1 Å². The Labute approximate surface area is 165 Å². The van der Waals surface area contributed by atoms with Gasteiger partial charge in [-0.1, -0.05) is 19.1 Å². The molecule has 0 spiro atoms. The number of rotatable bonds is 6. The lowest BCUT2D eigenvalue weighted by Gasteiger charge is -2.14. The van der Waals surface area contributed by atoms with E-state index in [4.69, 9.17) is 0 Å². The number of anilines is 1. The van der Waals surface area contributed by atoms with Crippen molar-refractivity contribution >= 4 is 22.5 Å². The van der Waals surface area contributed by atoms with Crippen LogP contribution in [0.1, 0.15) is 49.0 Å². The van der Waals surface area contributed by atoms with Crippen LogP contribution in [0, 0.1) is 6.92 Å². The Hall–Kier alpha value is -2.95. The van der Waals surface area contributed by atoms with Crippen LogP contribution in [-0.2, 0) is 0 Å². The van der Waals surface area contributed by atoms with Crippen LogP contribution in [0.15, 0.2) is 42.6 Å². The molecule has 0 aliphatic heterocycles. The fourth-order valence-corrected chi connectivity index (χ4v) is 3.27. The normalized spacial score (nSPS) is 14.7. The number of benzene rings is 2. The Morgan fingerprint density at radius 2 is 2.04 bits per heavy atom. The summed E-state index contributed by atoms with van der Waals surface area (Å²) in [6.45, 7) is 6.35. The number of amides is 1. The third-order valence-corrected chi connectivity index (χ3v) is 5.38. The van der Waals surface area contributed by atoms with Crippen LogP contribution in [0.4, 0.5) is 5.82 Å². The van der Waals surface area contributed by atoms with Crippen LogP contribution in [0.5, 0.6) is 0 Å². The van der Waals surface area contributed by atoms with Crippen molar-refractivity contribution in [3.05, 3.63) is 53.7 Å². The first-order valence-corrected chi connectivity index (χ1v) is 9.99. The third kappa shape index (κ3) is 3.84. The first-order chi connectivity index (χ1) is 13.5. The highest BCUT2D eigenvalue weighted by Gasteiger charge is 2.24. The highest BCUT2D eigenvalue weighted by Crippen LogP contribution is 2.30. The first kappa shape index (κ1) is 18.4. The lowest BCUT2D eigenvalue weighted by Crippen LogP contribution is -2.25. The maximum absolute atomic E-state index is 12.4. The topological polar surface area (TPSA) is 66.9 Å². The molecule has 5 heteroatoms. The van der Waals surface area contributed by atoms with Crippen molar-refractivity contribution in [2.24, 2.45) is 0 Å². The molecule has 1 amide bonds. The van der Waals surface area contributed by atoms with Crippen molar-refractivity contribution in [2.75, 3.05) is 5.32 Å². The quantitative estimate of drug-likeness (QED) is 0.656. The SMILES string of the molecule is CC[C@H](C)Nc1nncc2cc(-c3cc(C(=O)NC4CC4)ccc3C)ccc12. The number of hydrogen-bond donors (Lipinski definition) is 2. The smallest absolute Gasteiger partial charge is 0.251 e. The van der Waals surface area contributed by atoms with Gasteiger partial charge < -0.3 is 10.6 Å². The van der Waals surface area contributed by atoms with Crippen molar-refractivity contribution in [2.45, 2.75) is 52.1 Å². The summed E-state index contributed by atoms with van der Waals surface area (Å²) in [5.41, 5.74) is 3.99. The van der Waals surface area contributed by atoms with E-state index in [1.807, 2.05) is 18.2 Å². The summed E-state index contributed by atoms with van der Waals surface area (Å²) in [6.07, 6.45) is 4.98. The highest BCUT2D eigenvalue weighted by molar-refractivity contribution is 5.97. The number of carbonyl (C=O) groups excluding carboxylic acids is 1. The molecule has 1 atom stereocenters. The zero-order valence-electron chi connectivity index (χ0n) is 16.6. The highest BCUT2D eigenvalue weighted by atomic mass is 16.1. The summed E-state index contributed by atoms with van der Waals surface area (Å²) < 4.78 is 0. The van der Waals surface area contributed by atoms with Crippen molar-refractivity contribution < 1.29 is 4.79 Å². The number of aromatic nitrogens is 2. The number of aryl methyl sites for hydroxylation is 1. The van der Waals surface area contributed by atoms with Gasteiger partial charge in [-0.2, -0.15) is 5.10 Å². The van der Waals surface area contributed by atoms with E-state index < -0.39 is 0 Å². The van der Waals surface area contributed by atoms with Crippen molar-refractivity contribution in [3.63, 3.8) is 0 Å². The van der Waals surface area contributed by atoms with Gasteiger partial charge in [0.2, 0.25) is 0 Å². The molecule has 0 radical (unpaired) electrons. The van der Waals surface area contributed by atoms with Gasteiger partial charge in [0, 0.05) is 28.4 Å². The number of hydrogen-bond acceptors (Lipinski definition) is 4. The molecule has 5 nitrogen and oxygen atoms in total. The largest absolute Gasteiger partial charge is 0.366 e. The minimum atomic E-state index is 0.00967. The summed E-state index contributed by atoms with van der Waals surface area (Å²) in [5.74, 6) is 0.822. The van der Waals surface area contributed by atoms with Crippen LogP contribution in [-0.4, -0.2) is 28.2 Å². The molecular weight excluding hydrogens is 348 g/mol. The molecule has 28 heavy (non-hydrogen) atoms. The van der Waals surface area contributed by atoms with Crippen LogP contribution < -0.4 is 10.6 Å². The molecule has 2 N–H and O–H groups in total. The Bertz CT molecular complexity index is 1030. The van der Waals surface area contributed by atoms with E-state index >= 15 is 0 Å².